The van der Waals surface area contributed by atoms with Crippen molar-refractivity contribution in [3.8, 4) is 11.5 Å². The van der Waals surface area contributed by atoms with Crippen LogP contribution in [0.25, 0.3) is 0 Å². The number of aryl methyl sites for hydroxylation is 1. The number of nitrogens with zero attached hydrogens (tertiary/aromatic N) is 2. The third kappa shape index (κ3) is 3.55. The van der Waals surface area contributed by atoms with Crippen LogP contribution in [0, 0.1) is 0 Å². The van der Waals surface area contributed by atoms with Crippen molar-refractivity contribution in [1.82, 2.24) is 15.1 Å². The summed E-state index contributed by atoms with van der Waals surface area (Å²) in [5, 5.41) is 8.05. The van der Waals surface area contributed by atoms with Gasteiger partial charge in [-0.2, -0.15) is 5.10 Å². The summed E-state index contributed by atoms with van der Waals surface area (Å²) in [6.07, 6.45) is 3.02. The normalized spacial score (nSPS) is 12.2. The van der Waals surface area contributed by atoms with Crippen LogP contribution in [0.2, 0.25) is 0 Å². The standard InChI is InChI=1S/C16H23N3O2/c1-5-9-17-16(13-8-10-19(2)18-13)12-6-7-14(20-3)15(11-12)21-4/h6-8,10-11,16-17H,5,9H2,1-4H3. The summed E-state index contributed by atoms with van der Waals surface area (Å²) in [6, 6.07) is 8.05. The van der Waals surface area contributed by atoms with Crippen LogP contribution in [0.3, 0.4) is 0 Å². The van der Waals surface area contributed by atoms with E-state index in [9.17, 15) is 0 Å². The molecule has 114 valence electrons. The fourth-order valence-corrected chi connectivity index (χ4v) is 2.30. The molecule has 21 heavy (non-hydrogen) atoms. The van der Waals surface area contributed by atoms with Crippen LogP contribution in [0.5, 0.6) is 11.5 Å². The molecule has 1 heterocycles. The van der Waals surface area contributed by atoms with Crippen molar-refractivity contribution in [3.63, 3.8) is 0 Å². The zero-order valence-corrected chi connectivity index (χ0v) is 13.1. The molecule has 0 radical (unpaired) electrons. The molecule has 0 saturated carbocycles. The minimum atomic E-state index is 0.0472. The van der Waals surface area contributed by atoms with Crippen LogP contribution >= 0.6 is 0 Å². The van der Waals surface area contributed by atoms with E-state index in [-0.39, 0.29) is 6.04 Å². The van der Waals surface area contributed by atoms with Gasteiger partial charge < -0.3 is 14.8 Å². The summed E-state index contributed by atoms with van der Waals surface area (Å²) >= 11 is 0. The number of nitrogens with one attached hydrogen (secondary N) is 1. The van der Waals surface area contributed by atoms with Crippen LogP contribution in [0.4, 0.5) is 0 Å². The van der Waals surface area contributed by atoms with Gasteiger partial charge in [0.1, 0.15) is 0 Å². The van der Waals surface area contributed by atoms with Crippen LogP contribution in [-0.4, -0.2) is 30.5 Å². The second-order valence-electron chi connectivity index (χ2n) is 4.92. The second kappa shape index (κ2) is 7.13. The predicted molar refractivity (Wildman–Crippen MR) is 82.9 cm³/mol. The quantitative estimate of drug-likeness (QED) is 0.851. The topological polar surface area (TPSA) is 48.3 Å². The summed E-state index contributed by atoms with van der Waals surface area (Å²) in [7, 11) is 5.22. The van der Waals surface area contributed by atoms with Crippen molar-refractivity contribution >= 4 is 0 Å². The molecule has 5 nitrogen and oxygen atoms in total. The average Bonchev–Trinajstić information content (AvgIpc) is 2.93. The molecule has 0 amide bonds. The molecule has 1 unspecified atom stereocenters. The Morgan fingerprint density at radius 1 is 1.19 bits per heavy atom. The van der Waals surface area contributed by atoms with E-state index in [2.05, 4.69) is 17.3 Å². The molecule has 0 saturated heterocycles. The molecule has 0 aliphatic rings. The van der Waals surface area contributed by atoms with Gasteiger partial charge in [0.2, 0.25) is 0 Å². The minimum absolute atomic E-state index is 0.0472. The van der Waals surface area contributed by atoms with Crippen molar-refractivity contribution in [3.05, 3.63) is 41.7 Å². The molecule has 1 aromatic carbocycles. The fourth-order valence-electron chi connectivity index (χ4n) is 2.30. The predicted octanol–water partition coefficient (Wildman–Crippen LogP) is 2.53. The van der Waals surface area contributed by atoms with Gasteiger partial charge in [-0.15, -0.1) is 0 Å². The Morgan fingerprint density at radius 2 is 1.95 bits per heavy atom. The molecule has 1 N–H and O–H groups in total. The van der Waals surface area contributed by atoms with Crippen LogP contribution < -0.4 is 14.8 Å². The van der Waals surface area contributed by atoms with Gasteiger partial charge in [0.25, 0.3) is 0 Å². The van der Waals surface area contributed by atoms with E-state index in [0.717, 1.165) is 35.7 Å². The molecule has 0 spiro atoms. The Bertz CT molecular complexity index is 581. The van der Waals surface area contributed by atoms with Gasteiger partial charge in [-0.05, 0) is 36.7 Å². The van der Waals surface area contributed by atoms with E-state index in [1.54, 1.807) is 14.2 Å². The number of ether oxygens (including phenoxy) is 2. The van der Waals surface area contributed by atoms with Crippen LogP contribution in [0.1, 0.15) is 30.6 Å². The Hall–Kier alpha value is -2.01. The van der Waals surface area contributed by atoms with E-state index in [4.69, 9.17) is 9.47 Å². The third-order valence-corrected chi connectivity index (χ3v) is 3.37. The van der Waals surface area contributed by atoms with Gasteiger partial charge in [0.05, 0.1) is 26.0 Å². The monoisotopic (exact) mass is 289 g/mol. The maximum Gasteiger partial charge on any atom is 0.161 e. The highest BCUT2D eigenvalue weighted by Gasteiger charge is 2.18. The first kappa shape index (κ1) is 15.4. The minimum Gasteiger partial charge on any atom is -0.493 e. The summed E-state index contributed by atoms with van der Waals surface area (Å²) in [4.78, 5) is 0. The lowest BCUT2D eigenvalue weighted by atomic mass is 10.0. The summed E-state index contributed by atoms with van der Waals surface area (Å²) in [6.45, 7) is 3.08. The first-order chi connectivity index (χ1) is 10.2. The highest BCUT2D eigenvalue weighted by molar-refractivity contribution is 5.45. The lowest BCUT2D eigenvalue weighted by Gasteiger charge is -2.18. The molecular weight excluding hydrogens is 266 g/mol. The summed E-state index contributed by atoms with van der Waals surface area (Å²) in [5.41, 5.74) is 2.11. The molecule has 5 heteroatoms. The van der Waals surface area contributed by atoms with E-state index in [0.29, 0.717) is 0 Å². The smallest absolute Gasteiger partial charge is 0.161 e. The van der Waals surface area contributed by atoms with Crippen LogP contribution in [-0.2, 0) is 7.05 Å². The zero-order valence-electron chi connectivity index (χ0n) is 13.1. The molecule has 0 aliphatic heterocycles. The number of hydrogen-bond donors (Lipinski definition) is 1. The summed E-state index contributed by atoms with van der Waals surface area (Å²) in [5.74, 6) is 1.46. The van der Waals surface area contributed by atoms with Gasteiger partial charge in [0.15, 0.2) is 11.5 Å². The van der Waals surface area contributed by atoms with Gasteiger partial charge in [0, 0.05) is 13.2 Å². The Balaban J connectivity index is 2.36. The molecular formula is C16H23N3O2. The van der Waals surface area contributed by atoms with Gasteiger partial charge >= 0.3 is 0 Å². The Morgan fingerprint density at radius 3 is 2.52 bits per heavy atom. The van der Waals surface area contributed by atoms with Crippen molar-refractivity contribution in [2.45, 2.75) is 19.4 Å². The number of hydrogen-bond acceptors (Lipinski definition) is 4. The SMILES string of the molecule is CCCNC(c1ccc(OC)c(OC)c1)c1ccn(C)n1. The fraction of sp³-hybridized carbons (Fsp3) is 0.438. The van der Waals surface area contributed by atoms with Crippen molar-refractivity contribution in [1.29, 1.82) is 0 Å². The van der Waals surface area contributed by atoms with E-state index in [1.165, 1.54) is 0 Å². The number of methoxy groups -OCH3 is 2. The molecule has 2 rings (SSSR count). The summed E-state index contributed by atoms with van der Waals surface area (Å²) < 4.78 is 12.5. The van der Waals surface area contributed by atoms with E-state index >= 15 is 0 Å². The largest absolute Gasteiger partial charge is 0.493 e. The molecule has 0 aliphatic carbocycles. The molecule has 1 atom stereocenters. The maximum absolute atomic E-state index is 5.39. The van der Waals surface area contributed by atoms with Crippen molar-refractivity contribution < 1.29 is 9.47 Å². The third-order valence-electron chi connectivity index (χ3n) is 3.37. The number of aromatic nitrogens is 2. The van der Waals surface area contributed by atoms with E-state index in [1.807, 2.05) is 42.2 Å². The average molecular weight is 289 g/mol. The molecule has 0 bridgehead atoms. The lowest BCUT2D eigenvalue weighted by Crippen LogP contribution is -2.23. The van der Waals surface area contributed by atoms with Crippen LogP contribution in [0.15, 0.2) is 30.5 Å². The Labute approximate surface area is 125 Å². The van der Waals surface area contributed by atoms with Gasteiger partial charge in [-0.1, -0.05) is 13.0 Å². The number of rotatable bonds is 7. The van der Waals surface area contributed by atoms with Gasteiger partial charge in [-0.3, -0.25) is 4.68 Å². The van der Waals surface area contributed by atoms with E-state index < -0.39 is 0 Å². The first-order valence-electron chi connectivity index (χ1n) is 7.14. The van der Waals surface area contributed by atoms with Crippen molar-refractivity contribution in [2.24, 2.45) is 7.05 Å². The first-order valence-corrected chi connectivity index (χ1v) is 7.14. The second-order valence-corrected chi connectivity index (χ2v) is 4.92. The zero-order chi connectivity index (χ0) is 15.2. The highest BCUT2D eigenvalue weighted by atomic mass is 16.5. The van der Waals surface area contributed by atoms with Gasteiger partial charge in [-0.25, -0.2) is 0 Å². The highest BCUT2D eigenvalue weighted by Crippen LogP contribution is 2.31. The number of benzene rings is 1. The lowest BCUT2D eigenvalue weighted by molar-refractivity contribution is 0.354. The molecule has 1 aromatic heterocycles. The molecule has 2 aromatic rings. The Kier molecular flexibility index (Phi) is 5.22. The van der Waals surface area contributed by atoms with Crippen molar-refractivity contribution in [2.75, 3.05) is 20.8 Å². The molecule has 0 fully saturated rings. The maximum atomic E-state index is 5.39.